The molecule has 0 aromatic heterocycles. The molecule has 0 spiro atoms. The van der Waals surface area contributed by atoms with Gasteiger partial charge in [0, 0.05) is 30.6 Å². The smallest absolute Gasteiger partial charge is 0.338 e. The number of alkyl halides is 3. The van der Waals surface area contributed by atoms with Gasteiger partial charge in [-0.05, 0) is 26.2 Å². The van der Waals surface area contributed by atoms with Crippen LogP contribution in [0.1, 0.15) is 39.5 Å². The van der Waals surface area contributed by atoms with E-state index in [0.29, 0.717) is 0 Å². The van der Waals surface area contributed by atoms with Gasteiger partial charge >= 0.3 is 6.18 Å². The Labute approximate surface area is 118 Å². The predicted molar refractivity (Wildman–Crippen MR) is 72.0 cm³/mol. The highest BCUT2D eigenvalue weighted by Crippen LogP contribution is 2.30. The fourth-order valence-electron chi connectivity index (χ4n) is 2.31. The highest BCUT2D eigenvalue weighted by molar-refractivity contribution is 5.78. The molecule has 1 aliphatic rings. The Morgan fingerprint density at radius 3 is 2.50 bits per heavy atom. The van der Waals surface area contributed by atoms with Crippen LogP contribution in [0.4, 0.5) is 13.2 Å². The molecule has 0 aromatic rings. The van der Waals surface area contributed by atoms with Gasteiger partial charge in [-0.15, -0.1) is 0 Å². The van der Waals surface area contributed by atoms with Crippen LogP contribution in [-0.2, 0) is 4.79 Å². The SMILES string of the molecule is CC(N)CCCC(C)C(=O)N1CC=C(C(F)(F)F)CC1. The van der Waals surface area contributed by atoms with Crippen LogP contribution in [0, 0.1) is 5.92 Å². The van der Waals surface area contributed by atoms with E-state index in [-0.39, 0.29) is 37.4 Å². The zero-order valence-electron chi connectivity index (χ0n) is 12.0. The van der Waals surface area contributed by atoms with Crippen molar-refractivity contribution < 1.29 is 18.0 Å². The third-order valence-corrected chi connectivity index (χ3v) is 3.60. The molecular formula is C14H23F3N2O. The summed E-state index contributed by atoms with van der Waals surface area (Å²) in [5, 5.41) is 0. The second kappa shape index (κ2) is 7.11. The second-order valence-corrected chi connectivity index (χ2v) is 5.57. The van der Waals surface area contributed by atoms with Crippen LogP contribution in [0.2, 0.25) is 0 Å². The average molecular weight is 292 g/mol. The van der Waals surface area contributed by atoms with Gasteiger partial charge in [0.25, 0.3) is 0 Å². The van der Waals surface area contributed by atoms with Gasteiger partial charge in [0.2, 0.25) is 5.91 Å². The molecule has 0 saturated carbocycles. The quantitative estimate of drug-likeness (QED) is 0.792. The van der Waals surface area contributed by atoms with Gasteiger partial charge in [0.15, 0.2) is 0 Å². The van der Waals surface area contributed by atoms with E-state index in [1.54, 1.807) is 0 Å². The lowest BCUT2D eigenvalue weighted by Gasteiger charge is -2.29. The third kappa shape index (κ3) is 5.15. The van der Waals surface area contributed by atoms with Crippen LogP contribution in [0.25, 0.3) is 0 Å². The maximum atomic E-state index is 12.5. The second-order valence-electron chi connectivity index (χ2n) is 5.57. The summed E-state index contributed by atoms with van der Waals surface area (Å²) in [6.45, 7) is 3.96. The predicted octanol–water partition coefficient (Wildman–Crippen LogP) is 2.86. The first-order chi connectivity index (χ1) is 9.21. The molecule has 116 valence electrons. The molecule has 0 bridgehead atoms. The van der Waals surface area contributed by atoms with Crippen LogP contribution in [0.15, 0.2) is 11.6 Å². The highest BCUT2D eigenvalue weighted by Gasteiger charge is 2.35. The van der Waals surface area contributed by atoms with Crippen molar-refractivity contribution in [1.29, 1.82) is 0 Å². The molecule has 6 heteroatoms. The van der Waals surface area contributed by atoms with Gasteiger partial charge in [0.1, 0.15) is 0 Å². The summed E-state index contributed by atoms with van der Waals surface area (Å²) in [5.41, 5.74) is 5.12. The summed E-state index contributed by atoms with van der Waals surface area (Å²) >= 11 is 0. The van der Waals surface area contributed by atoms with Crippen molar-refractivity contribution >= 4 is 5.91 Å². The largest absolute Gasteiger partial charge is 0.412 e. The summed E-state index contributed by atoms with van der Waals surface area (Å²) in [6, 6.07) is 0.115. The summed E-state index contributed by atoms with van der Waals surface area (Å²) in [7, 11) is 0. The molecule has 0 aromatic carbocycles. The molecular weight excluding hydrogens is 269 g/mol. The number of hydrogen-bond donors (Lipinski definition) is 1. The number of carbonyl (C=O) groups excluding carboxylic acids is 1. The minimum Gasteiger partial charge on any atom is -0.338 e. The number of carbonyl (C=O) groups is 1. The molecule has 2 atom stereocenters. The number of halogens is 3. The van der Waals surface area contributed by atoms with E-state index in [2.05, 4.69) is 0 Å². The number of nitrogens with zero attached hydrogens (tertiary/aromatic N) is 1. The lowest BCUT2D eigenvalue weighted by molar-refractivity contribution is -0.136. The van der Waals surface area contributed by atoms with Crippen molar-refractivity contribution in [3.05, 3.63) is 11.6 Å². The Bertz CT molecular complexity index is 364. The first-order valence-electron chi connectivity index (χ1n) is 7.02. The van der Waals surface area contributed by atoms with Crippen LogP contribution >= 0.6 is 0 Å². The Kier molecular flexibility index (Phi) is 6.05. The maximum Gasteiger partial charge on any atom is 0.412 e. The van der Waals surface area contributed by atoms with Crippen LogP contribution in [0.5, 0.6) is 0 Å². The first-order valence-corrected chi connectivity index (χ1v) is 7.02. The number of hydrogen-bond acceptors (Lipinski definition) is 2. The third-order valence-electron chi connectivity index (χ3n) is 3.60. The molecule has 0 radical (unpaired) electrons. The lowest BCUT2D eigenvalue weighted by Crippen LogP contribution is -2.39. The fourth-order valence-corrected chi connectivity index (χ4v) is 2.31. The number of nitrogens with two attached hydrogens (primary N) is 1. The molecule has 0 saturated heterocycles. The van der Waals surface area contributed by atoms with Crippen molar-refractivity contribution in [2.45, 2.75) is 51.7 Å². The molecule has 1 amide bonds. The lowest BCUT2D eigenvalue weighted by atomic mass is 9.99. The molecule has 20 heavy (non-hydrogen) atoms. The van der Waals surface area contributed by atoms with E-state index >= 15 is 0 Å². The van der Waals surface area contributed by atoms with Crippen LogP contribution in [-0.4, -0.2) is 36.1 Å². The monoisotopic (exact) mass is 292 g/mol. The van der Waals surface area contributed by atoms with Gasteiger partial charge in [-0.25, -0.2) is 0 Å². The molecule has 1 heterocycles. The zero-order chi connectivity index (χ0) is 15.3. The van der Waals surface area contributed by atoms with Gasteiger partial charge in [-0.1, -0.05) is 19.4 Å². The Hall–Kier alpha value is -1.04. The molecule has 1 rings (SSSR count). The van der Waals surface area contributed by atoms with Crippen molar-refractivity contribution in [2.75, 3.05) is 13.1 Å². The van der Waals surface area contributed by atoms with Crippen molar-refractivity contribution in [3.8, 4) is 0 Å². The standard InChI is InChI=1S/C14H23F3N2O/c1-10(4-3-5-11(2)18)13(20)19-8-6-12(7-9-19)14(15,16)17/h6,10-11H,3-5,7-9,18H2,1-2H3. The maximum absolute atomic E-state index is 12.5. The number of amides is 1. The van der Waals surface area contributed by atoms with Crippen LogP contribution in [0.3, 0.4) is 0 Å². The van der Waals surface area contributed by atoms with Gasteiger partial charge in [-0.3, -0.25) is 4.79 Å². The topological polar surface area (TPSA) is 46.3 Å². The first kappa shape index (κ1) is 17.0. The summed E-state index contributed by atoms with van der Waals surface area (Å²) in [4.78, 5) is 13.6. The van der Waals surface area contributed by atoms with E-state index in [9.17, 15) is 18.0 Å². The number of rotatable bonds is 5. The molecule has 1 aliphatic heterocycles. The summed E-state index contributed by atoms with van der Waals surface area (Å²) in [6.07, 6.45) is -0.805. The molecule has 0 fully saturated rings. The van der Waals surface area contributed by atoms with E-state index in [1.165, 1.54) is 4.90 Å². The minimum atomic E-state index is -4.27. The zero-order valence-corrected chi connectivity index (χ0v) is 12.0. The molecule has 2 unspecified atom stereocenters. The highest BCUT2D eigenvalue weighted by atomic mass is 19.4. The Morgan fingerprint density at radius 2 is 2.05 bits per heavy atom. The van der Waals surface area contributed by atoms with E-state index in [0.717, 1.165) is 25.3 Å². The van der Waals surface area contributed by atoms with Crippen molar-refractivity contribution in [1.82, 2.24) is 4.90 Å². The van der Waals surface area contributed by atoms with Crippen molar-refractivity contribution in [2.24, 2.45) is 11.7 Å². The normalized spacial score (nSPS) is 19.5. The van der Waals surface area contributed by atoms with Crippen molar-refractivity contribution in [3.63, 3.8) is 0 Å². The minimum absolute atomic E-state index is 0.0608. The van der Waals surface area contributed by atoms with E-state index in [4.69, 9.17) is 5.73 Å². The molecule has 3 nitrogen and oxygen atoms in total. The Balaban J connectivity index is 2.44. The van der Waals surface area contributed by atoms with E-state index in [1.807, 2.05) is 13.8 Å². The Morgan fingerprint density at radius 1 is 1.40 bits per heavy atom. The van der Waals surface area contributed by atoms with Gasteiger partial charge < -0.3 is 10.6 Å². The molecule has 2 N–H and O–H groups in total. The van der Waals surface area contributed by atoms with Gasteiger partial charge in [0.05, 0.1) is 0 Å². The van der Waals surface area contributed by atoms with Gasteiger partial charge in [-0.2, -0.15) is 13.2 Å². The average Bonchev–Trinajstić information content (AvgIpc) is 2.36. The summed E-state index contributed by atoms with van der Waals surface area (Å²) < 4.78 is 37.5. The summed E-state index contributed by atoms with van der Waals surface area (Å²) in [5.74, 6) is -0.221. The fraction of sp³-hybridized carbons (Fsp3) is 0.786. The molecule has 0 aliphatic carbocycles. The van der Waals surface area contributed by atoms with E-state index < -0.39 is 11.7 Å². The van der Waals surface area contributed by atoms with Crippen LogP contribution < -0.4 is 5.73 Å².